The van der Waals surface area contributed by atoms with Gasteiger partial charge in [-0.2, -0.15) is 0 Å². The molecule has 52 valence electrons. The summed E-state index contributed by atoms with van der Waals surface area (Å²) in [6.07, 6.45) is 3.92. The maximum Gasteiger partial charge on any atom is 0.160 e. The van der Waals surface area contributed by atoms with Gasteiger partial charge < -0.3 is 9.47 Å². The summed E-state index contributed by atoms with van der Waals surface area (Å²) in [4.78, 5) is 0. The zero-order chi connectivity index (χ0) is 6.10. The largest absolute Gasteiger partial charge is 0.352 e. The minimum Gasteiger partial charge on any atom is -0.352 e. The van der Waals surface area contributed by atoms with Crippen LogP contribution in [0.25, 0.3) is 0 Å². The standard InChI is InChI=1S/C7H12O2/c1-2-6-3-5-9-7(6)8-4-1/h6-7H,1-5H2. The fraction of sp³-hybridized carbons (Fsp3) is 1.00. The zero-order valence-corrected chi connectivity index (χ0v) is 5.51. The molecule has 2 aliphatic rings. The number of hydrogen-bond donors (Lipinski definition) is 0. The number of fused-ring (bicyclic) bond motifs is 1. The highest BCUT2D eigenvalue weighted by molar-refractivity contribution is 4.72. The maximum atomic E-state index is 5.38. The summed E-state index contributed by atoms with van der Waals surface area (Å²) in [6, 6.07) is 0. The fourth-order valence-corrected chi connectivity index (χ4v) is 1.62. The van der Waals surface area contributed by atoms with Crippen molar-refractivity contribution in [2.75, 3.05) is 13.2 Å². The third kappa shape index (κ3) is 0.970. The minimum absolute atomic E-state index is 0.166. The lowest BCUT2D eigenvalue weighted by atomic mass is 10.00. The number of rotatable bonds is 0. The molecule has 2 atom stereocenters. The van der Waals surface area contributed by atoms with Gasteiger partial charge in [0.1, 0.15) is 0 Å². The van der Waals surface area contributed by atoms with E-state index in [0.29, 0.717) is 0 Å². The molecule has 0 N–H and O–H groups in total. The van der Waals surface area contributed by atoms with Crippen molar-refractivity contribution < 1.29 is 9.47 Å². The predicted octanol–water partition coefficient (Wildman–Crippen LogP) is 1.16. The Labute approximate surface area is 55.1 Å². The Kier molecular flexibility index (Phi) is 1.44. The highest BCUT2D eigenvalue weighted by Crippen LogP contribution is 2.29. The van der Waals surface area contributed by atoms with Crippen LogP contribution < -0.4 is 0 Å². The molecule has 2 unspecified atom stereocenters. The van der Waals surface area contributed by atoms with E-state index in [1.54, 1.807) is 0 Å². The van der Waals surface area contributed by atoms with Gasteiger partial charge >= 0.3 is 0 Å². The van der Waals surface area contributed by atoms with Crippen molar-refractivity contribution in [3.8, 4) is 0 Å². The molecule has 2 heterocycles. The van der Waals surface area contributed by atoms with Gasteiger partial charge in [-0.15, -0.1) is 0 Å². The summed E-state index contributed by atoms with van der Waals surface area (Å²) in [5.74, 6) is 0.721. The number of hydrogen-bond acceptors (Lipinski definition) is 2. The van der Waals surface area contributed by atoms with Crippen LogP contribution in [0.2, 0.25) is 0 Å². The first-order valence-corrected chi connectivity index (χ1v) is 3.70. The van der Waals surface area contributed by atoms with E-state index < -0.39 is 0 Å². The number of ether oxygens (including phenoxy) is 2. The lowest BCUT2D eigenvalue weighted by Crippen LogP contribution is -2.25. The van der Waals surface area contributed by atoms with Crippen LogP contribution in [0.1, 0.15) is 19.3 Å². The summed E-state index contributed by atoms with van der Waals surface area (Å²) >= 11 is 0. The first-order valence-electron chi connectivity index (χ1n) is 3.70. The monoisotopic (exact) mass is 128 g/mol. The average Bonchev–Trinajstić information content (AvgIpc) is 2.33. The quantitative estimate of drug-likeness (QED) is 0.487. The minimum atomic E-state index is 0.166. The van der Waals surface area contributed by atoms with Crippen LogP contribution in [-0.4, -0.2) is 19.5 Å². The van der Waals surface area contributed by atoms with Gasteiger partial charge in [0.2, 0.25) is 0 Å². The van der Waals surface area contributed by atoms with Crippen molar-refractivity contribution in [2.45, 2.75) is 25.6 Å². The first kappa shape index (κ1) is 5.69. The third-order valence-electron chi connectivity index (χ3n) is 2.16. The summed E-state index contributed by atoms with van der Waals surface area (Å²) in [6.45, 7) is 1.82. The van der Waals surface area contributed by atoms with E-state index in [1.165, 1.54) is 19.3 Å². The van der Waals surface area contributed by atoms with Crippen molar-refractivity contribution in [3.63, 3.8) is 0 Å². The smallest absolute Gasteiger partial charge is 0.160 e. The van der Waals surface area contributed by atoms with Crippen molar-refractivity contribution in [2.24, 2.45) is 5.92 Å². The highest BCUT2D eigenvalue weighted by atomic mass is 16.7. The average molecular weight is 128 g/mol. The Morgan fingerprint density at radius 1 is 1.00 bits per heavy atom. The highest BCUT2D eigenvalue weighted by Gasteiger charge is 2.30. The molecule has 0 radical (unpaired) electrons. The Morgan fingerprint density at radius 2 is 1.89 bits per heavy atom. The molecule has 0 aromatic carbocycles. The van der Waals surface area contributed by atoms with E-state index in [9.17, 15) is 0 Å². The van der Waals surface area contributed by atoms with Crippen molar-refractivity contribution in [1.29, 1.82) is 0 Å². The van der Waals surface area contributed by atoms with Crippen LogP contribution in [0.15, 0.2) is 0 Å². The van der Waals surface area contributed by atoms with E-state index in [1.807, 2.05) is 0 Å². The van der Waals surface area contributed by atoms with Crippen LogP contribution in [-0.2, 0) is 9.47 Å². The Hall–Kier alpha value is -0.0800. The maximum absolute atomic E-state index is 5.38. The van der Waals surface area contributed by atoms with E-state index in [-0.39, 0.29) is 6.29 Å². The molecular weight excluding hydrogens is 116 g/mol. The summed E-state index contributed by atoms with van der Waals surface area (Å²) in [5, 5.41) is 0. The SMILES string of the molecule is C1COC2OCCC2C1. The van der Waals surface area contributed by atoms with E-state index >= 15 is 0 Å². The molecule has 2 saturated heterocycles. The molecule has 0 saturated carbocycles. The fourth-order valence-electron chi connectivity index (χ4n) is 1.62. The van der Waals surface area contributed by atoms with Gasteiger partial charge in [0.25, 0.3) is 0 Å². The predicted molar refractivity (Wildman–Crippen MR) is 33.0 cm³/mol. The van der Waals surface area contributed by atoms with Crippen LogP contribution in [0, 0.1) is 5.92 Å². The molecule has 0 amide bonds. The molecule has 0 aromatic heterocycles. The molecule has 2 nitrogen and oxygen atoms in total. The van der Waals surface area contributed by atoms with Gasteiger partial charge in [0, 0.05) is 12.5 Å². The second kappa shape index (κ2) is 2.27. The first-order chi connectivity index (χ1) is 4.47. The van der Waals surface area contributed by atoms with E-state index in [2.05, 4.69) is 0 Å². The topological polar surface area (TPSA) is 18.5 Å². The van der Waals surface area contributed by atoms with Crippen molar-refractivity contribution >= 4 is 0 Å². The van der Waals surface area contributed by atoms with Crippen LogP contribution in [0.3, 0.4) is 0 Å². The summed E-state index contributed by atoms with van der Waals surface area (Å²) in [5.41, 5.74) is 0. The third-order valence-corrected chi connectivity index (χ3v) is 2.16. The molecular formula is C7H12O2. The molecule has 0 aromatic rings. The van der Waals surface area contributed by atoms with Gasteiger partial charge in [-0.1, -0.05) is 0 Å². The lowest BCUT2D eigenvalue weighted by molar-refractivity contribution is -0.150. The van der Waals surface area contributed by atoms with Crippen molar-refractivity contribution in [3.05, 3.63) is 0 Å². The molecule has 2 rings (SSSR count). The van der Waals surface area contributed by atoms with Gasteiger partial charge in [-0.3, -0.25) is 0 Å². The Balaban J connectivity index is 1.97. The molecule has 9 heavy (non-hydrogen) atoms. The summed E-state index contributed by atoms with van der Waals surface area (Å²) < 4.78 is 10.7. The van der Waals surface area contributed by atoms with Gasteiger partial charge in [-0.05, 0) is 19.3 Å². The normalized spacial score (nSPS) is 42.7. The molecule has 2 heteroatoms. The molecule has 2 fully saturated rings. The van der Waals surface area contributed by atoms with Crippen LogP contribution in [0.5, 0.6) is 0 Å². The van der Waals surface area contributed by atoms with Gasteiger partial charge in [0.15, 0.2) is 6.29 Å². The lowest BCUT2D eigenvalue weighted by Gasteiger charge is -2.23. The van der Waals surface area contributed by atoms with Crippen LogP contribution >= 0.6 is 0 Å². The molecule has 0 spiro atoms. The zero-order valence-electron chi connectivity index (χ0n) is 5.51. The Bertz CT molecular complexity index is 91.1. The van der Waals surface area contributed by atoms with Crippen LogP contribution in [0.4, 0.5) is 0 Å². The second-order valence-corrected chi connectivity index (χ2v) is 2.80. The second-order valence-electron chi connectivity index (χ2n) is 2.80. The molecule has 2 aliphatic heterocycles. The molecule has 0 bridgehead atoms. The Morgan fingerprint density at radius 3 is 2.78 bits per heavy atom. The van der Waals surface area contributed by atoms with E-state index in [4.69, 9.17) is 9.47 Å². The van der Waals surface area contributed by atoms with Gasteiger partial charge in [-0.25, -0.2) is 0 Å². The van der Waals surface area contributed by atoms with Gasteiger partial charge in [0.05, 0.1) is 6.61 Å². The summed E-state index contributed by atoms with van der Waals surface area (Å²) in [7, 11) is 0. The van der Waals surface area contributed by atoms with Crippen molar-refractivity contribution in [1.82, 2.24) is 0 Å². The molecule has 0 aliphatic carbocycles. The van der Waals surface area contributed by atoms with E-state index in [0.717, 1.165) is 19.1 Å².